The van der Waals surface area contributed by atoms with Crippen LogP contribution in [0.2, 0.25) is 0 Å². The normalized spacial score (nSPS) is 13.6. The van der Waals surface area contributed by atoms with E-state index in [0.29, 0.717) is 19.3 Å². The van der Waals surface area contributed by atoms with Crippen LogP contribution in [-0.2, 0) is 28.6 Å². The van der Waals surface area contributed by atoms with Gasteiger partial charge in [-0.1, -0.05) is 170 Å². The fourth-order valence-corrected chi connectivity index (χ4v) is 6.75. The van der Waals surface area contributed by atoms with Crippen LogP contribution in [0.25, 0.3) is 0 Å². The molecule has 0 fully saturated rings. The Labute approximate surface area is 380 Å². The Morgan fingerprint density at radius 1 is 0.500 bits per heavy atom. The molecule has 0 aliphatic carbocycles. The van der Waals surface area contributed by atoms with E-state index in [2.05, 4.69) is 98.9 Å². The molecule has 0 bridgehead atoms. The first kappa shape index (κ1) is 58.5. The summed E-state index contributed by atoms with van der Waals surface area (Å²) in [6.07, 6.45) is 57.8. The van der Waals surface area contributed by atoms with Gasteiger partial charge in [0.05, 0.1) is 34.4 Å². The zero-order valence-corrected chi connectivity index (χ0v) is 40.3. The second-order valence-corrected chi connectivity index (χ2v) is 17.3. The van der Waals surface area contributed by atoms with Crippen molar-refractivity contribution < 1.29 is 38.2 Å². The Morgan fingerprint density at radius 2 is 0.919 bits per heavy atom. The Balaban J connectivity index is 4.41. The summed E-state index contributed by atoms with van der Waals surface area (Å²) in [5, 5.41) is 9.64. The van der Waals surface area contributed by atoms with Gasteiger partial charge in [0.1, 0.15) is 6.61 Å². The number of carboxylic acids is 1. The van der Waals surface area contributed by atoms with Crippen molar-refractivity contribution >= 4 is 17.9 Å². The third-order valence-corrected chi connectivity index (χ3v) is 10.5. The average molecular weight is 867 g/mol. The molecule has 8 heteroatoms. The van der Waals surface area contributed by atoms with Crippen molar-refractivity contribution in [3.05, 3.63) is 85.1 Å². The predicted molar refractivity (Wildman–Crippen MR) is 261 cm³/mol. The third kappa shape index (κ3) is 41.8. The van der Waals surface area contributed by atoms with Gasteiger partial charge in [-0.15, -0.1) is 0 Å². The van der Waals surface area contributed by atoms with Crippen molar-refractivity contribution in [3.63, 3.8) is 0 Å². The molecule has 0 aromatic heterocycles. The number of aliphatic carboxylic acids is 1. The number of esters is 2. The van der Waals surface area contributed by atoms with Crippen LogP contribution in [-0.4, -0.2) is 80.6 Å². The smallest absolute Gasteiger partial charge is 0.362 e. The Morgan fingerprint density at radius 3 is 1.40 bits per heavy atom. The van der Waals surface area contributed by atoms with Crippen LogP contribution in [0.15, 0.2) is 85.1 Å². The van der Waals surface area contributed by atoms with Gasteiger partial charge in [-0.05, 0) is 83.5 Å². The predicted octanol–water partition coefficient (Wildman–Crippen LogP) is 14.1. The van der Waals surface area contributed by atoms with E-state index in [4.69, 9.17) is 14.2 Å². The van der Waals surface area contributed by atoms with Gasteiger partial charge in [0.2, 0.25) is 0 Å². The topological polar surface area (TPSA) is 99.1 Å². The number of likely N-dealkylation sites (N-methyl/N-ethyl adjacent to an activating group) is 1. The van der Waals surface area contributed by atoms with Crippen molar-refractivity contribution in [1.29, 1.82) is 0 Å². The molecular weight excluding hydrogens is 775 g/mol. The van der Waals surface area contributed by atoms with Crippen molar-refractivity contribution in [2.45, 2.75) is 199 Å². The first-order valence-electron chi connectivity index (χ1n) is 24.6. The summed E-state index contributed by atoms with van der Waals surface area (Å²) >= 11 is 0. The first-order valence-corrected chi connectivity index (χ1v) is 24.6. The molecule has 0 heterocycles. The number of quaternary nitrogens is 1. The van der Waals surface area contributed by atoms with Gasteiger partial charge >= 0.3 is 17.9 Å². The Bertz CT molecular complexity index is 1290. The first-order chi connectivity index (χ1) is 30.1. The van der Waals surface area contributed by atoms with Crippen molar-refractivity contribution in [2.75, 3.05) is 41.0 Å². The Kier molecular flexibility index (Phi) is 41.6. The second-order valence-electron chi connectivity index (χ2n) is 17.3. The lowest BCUT2D eigenvalue weighted by atomic mass is 10.1. The summed E-state index contributed by atoms with van der Waals surface area (Å²) in [5.74, 6) is -1.56. The highest BCUT2D eigenvalue weighted by molar-refractivity contribution is 5.72. The summed E-state index contributed by atoms with van der Waals surface area (Å²) in [4.78, 5) is 37.1. The van der Waals surface area contributed by atoms with E-state index >= 15 is 0 Å². The van der Waals surface area contributed by atoms with E-state index in [1.54, 1.807) is 0 Å². The molecule has 0 spiro atoms. The summed E-state index contributed by atoms with van der Waals surface area (Å²) < 4.78 is 17.3. The van der Waals surface area contributed by atoms with E-state index < -0.39 is 18.1 Å². The Hall–Kier alpha value is -3.49. The molecule has 0 radical (unpaired) electrons. The molecule has 0 saturated heterocycles. The van der Waals surface area contributed by atoms with Crippen LogP contribution in [0.4, 0.5) is 0 Å². The fraction of sp³-hybridized carbons (Fsp3) is 0.685. The molecule has 2 unspecified atom stereocenters. The van der Waals surface area contributed by atoms with Crippen LogP contribution in [0.3, 0.4) is 0 Å². The number of hydrogen-bond donors (Lipinski definition) is 1. The van der Waals surface area contributed by atoms with E-state index in [-0.39, 0.29) is 42.7 Å². The van der Waals surface area contributed by atoms with Gasteiger partial charge in [0.25, 0.3) is 0 Å². The van der Waals surface area contributed by atoms with Crippen LogP contribution >= 0.6 is 0 Å². The minimum absolute atomic E-state index is 0.0354. The van der Waals surface area contributed by atoms with Gasteiger partial charge < -0.3 is 23.8 Å². The molecule has 0 aromatic carbocycles. The molecule has 2 atom stereocenters. The highest BCUT2D eigenvalue weighted by Gasteiger charge is 2.31. The fourth-order valence-electron chi connectivity index (χ4n) is 6.75. The minimum atomic E-state index is -0.886. The molecule has 1 N–H and O–H groups in total. The number of ether oxygens (including phenoxy) is 3. The SMILES string of the molecule is CC/C=C/C/C=C/C/C=C/C/C=C/C/C=C/C/C=C/CCCC(=O)OCC(COCCC(C(=O)O)[N+](C)(C)C)OC(=O)CCCCCCC/C=C/CCCCCCCCCCC. The molecule has 0 rings (SSSR count). The van der Waals surface area contributed by atoms with E-state index in [0.717, 1.165) is 77.0 Å². The molecule has 62 heavy (non-hydrogen) atoms. The average Bonchev–Trinajstić information content (AvgIpc) is 3.23. The lowest BCUT2D eigenvalue weighted by Crippen LogP contribution is -2.50. The maximum atomic E-state index is 12.8. The maximum Gasteiger partial charge on any atom is 0.362 e. The van der Waals surface area contributed by atoms with Crippen LogP contribution < -0.4 is 0 Å². The number of rotatable bonds is 43. The molecule has 0 saturated carbocycles. The van der Waals surface area contributed by atoms with Crippen LogP contribution in [0.5, 0.6) is 0 Å². The van der Waals surface area contributed by atoms with Gasteiger partial charge in [-0.3, -0.25) is 9.59 Å². The number of allylic oxidation sites excluding steroid dienone is 14. The van der Waals surface area contributed by atoms with Crippen LogP contribution in [0, 0.1) is 0 Å². The molecule has 0 amide bonds. The molecule has 0 aliphatic rings. The van der Waals surface area contributed by atoms with Crippen molar-refractivity contribution in [3.8, 4) is 0 Å². The number of hydrogen-bond acceptors (Lipinski definition) is 6. The van der Waals surface area contributed by atoms with Gasteiger partial charge in [-0.2, -0.15) is 0 Å². The summed E-state index contributed by atoms with van der Waals surface area (Å²) in [6, 6.07) is -0.629. The second kappa shape index (κ2) is 44.1. The maximum absolute atomic E-state index is 12.8. The zero-order valence-electron chi connectivity index (χ0n) is 40.3. The highest BCUT2D eigenvalue weighted by Crippen LogP contribution is 2.14. The van der Waals surface area contributed by atoms with Gasteiger partial charge in [-0.25, -0.2) is 4.79 Å². The number of carbonyl (C=O) groups is 3. The van der Waals surface area contributed by atoms with E-state index in [1.807, 2.05) is 21.1 Å². The molecule has 0 aliphatic heterocycles. The summed E-state index contributed by atoms with van der Waals surface area (Å²) in [7, 11) is 5.51. The highest BCUT2D eigenvalue weighted by atomic mass is 16.6. The molecule has 8 nitrogen and oxygen atoms in total. The van der Waals surface area contributed by atoms with Crippen LogP contribution in [0.1, 0.15) is 187 Å². The van der Waals surface area contributed by atoms with Gasteiger partial charge in [0.15, 0.2) is 12.1 Å². The van der Waals surface area contributed by atoms with Crippen molar-refractivity contribution in [1.82, 2.24) is 0 Å². The number of carboxylic acid groups (broad SMARTS) is 1. The summed E-state index contributed by atoms with van der Waals surface area (Å²) in [5.41, 5.74) is 0. The minimum Gasteiger partial charge on any atom is -0.477 e. The zero-order chi connectivity index (χ0) is 45.6. The number of nitrogens with zero attached hydrogens (tertiary/aromatic N) is 1. The monoisotopic (exact) mass is 867 g/mol. The summed E-state index contributed by atoms with van der Waals surface area (Å²) in [6.45, 7) is 4.55. The quantitative estimate of drug-likeness (QED) is 0.0282. The standard InChI is InChI=1S/C54H91NO7/c1-6-8-10-12-14-16-18-20-22-24-26-27-29-30-32-34-36-38-40-42-44-52(56)61-49-50(48-60-47-46-51(54(58)59)55(3,4)5)62-53(57)45-43-41-39-37-35-33-31-28-25-23-21-19-17-15-13-11-9-7-2/h8,10,14,16,20,22,26-28,30-32,36,38,50-51H,6-7,9,11-13,15,17-19,21,23-25,29,33-35,37,39-49H2,1-5H3/p+1/b10-8+,16-14+,22-20+,27-26+,31-28+,32-30+,38-36+. The third-order valence-electron chi connectivity index (χ3n) is 10.5. The van der Waals surface area contributed by atoms with E-state index in [9.17, 15) is 19.5 Å². The number of carbonyl (C=O) groups excluding carboxylic acids is 2. The number of unbranched alkanes of at least 4 members (excludes halogenated alkanes) is 15. The lowest BCUT2D eigenvalue weighted by molar-refractivity contribution is -0.887. The van der Waals surface area contributed by atoms with E-state index in [1.165, 1.54) is 70.6 Å². The largest absolute Gasteiger partial charge is 0.477 e. The van der Waals surface area contributed by atoms with Crippen molar-refractivity contribution in [2.24, 2.45) is 0 Å². The lowest BCUT2D eigenvalue weighted by Gasteiger charge is -2.31. The molecule has 354 valence electrons. The van der Waals surface area contributed by atoms with Gasteiger partial charge in [0, 0.05) is 19.3 Å². The molecule has 0 aromatic rings. The molecular formula is C54H92NO7+.